The highest BCUT2D eigenvalue weighted by Gasteiger charge is 2.47. The molecule has 1 heterocycles. The van der Waals surface area contributed by atoms with Crippen molar-refractivity contribution in [3.8, 4) is 0 Å². The second-order valence-electron chi connectivity index (χ2n) is 7.32. The molecule has 3 aromatic carbocycles. The summed E-state index contributed by atoms with van der Waals surface area (Å²) in [7, 11) is 0. The van der Waals surface area contributed by atoms with E-state index < -0.39 is 11.7 Å². The average Bonchev–Trinajstić information content (AvgIpc) is 3.10. The van der Waals surface area contributed by atoms with Crippen LogP contribution in [0.4, 0.5) is 0 Å². The van der Waals surface area contributed by atoms with E-state index in [-0.39, 0.29) is 6.04 Å². The molecule has 1 saturated heterocycles. The molecule has 1 aliphatic heterocycles. The van der Waals surface area contributed by atoms with E-state index in [0.717, 1.165) is 11.1 Å². The maximum Gasteiger partial charge on any atom is 0.130 e. The Labute approximate surface area is 160 Å². The summed E-state index contributed by atoms with van der Waals surface area (Å²) in [5.74, 6) is 0. The Kier molecular flexibility index (Phi) is 5.08. The molecule has 0 saturated carbocycles. The van der Waals surface area contributed by atoms with Crippen LogP contribution in [0.2, 0.25) is 0 Å². The highest BCUT2D eigenvalue weighted by atomic mass is 16.3. The molecule has 0 amide bonds. The van der Waals surface area contributed by atoms with E-state index in [4.69, 9.17) is 0 Å². The van der Waals surface area contributed by atoms with Gasteiger partial charge in [-0.2, -0.15) is 0 Å². The summed E-state index contributed by atoms with van der Waals surface area (Å²) in [5, 5.41) is 22.5. The number of benzene rings is 3. The van der Waals surface area contributed by atoms with E-state index in [1.165, 1.54) is 5.56 Å². The predicted octanol–water partition coefficient (Wildman–Crippen LogP) is 3.56. The second-order valence-corrected chi connectivity index (χ2v) is 7.32. The Bertz CT molecular complexity index is 812. The number of nitrogens with zero attached hydrogens (tertiary/aromatic N) is 1. The van der Waals surface area contributed by atoms with Gasteiger partial charge in [0.25, 0.3) is 0 Å². The van der Waals surface area contributed by atoms with Crippen LogP contribution >= 0.6 is 0 Å². The van der Waals surface area contributed by atoms with Gasteiger partial charge in [-0.3, -0.25) is 4.90 Å². The number of rotatable bonds is 5. The second kappa shape index (κ2) is 7.65. The molecule has 27 heavy (non-hydrogen) atoms. The first-order valence-corrected chi connectivity index (χ1v) is 9.47. The molecule has 4 rings (SSSR count). The molecule has 0 aromatic heterocycles. The quantitative estimate of drug-likeness (QED) is 0.732. The van der Waals surface area contributed by atoms with Gasteiger partial charge in [0.1, 0.15) is 5.60 Å². The molecule has 138 valence electrons. The monoisotopic (exact) mass is 359 g/mol. The third kappa shape index (κ3) is 3.54. The maximum atomic E-state index is 12.1. The number of hydrogen-bond acceptors (Lipinski definition) is 3. The largest absolute Gasteiger partial charge is 0.392 e. The van der Waals surface area contributed by atoms with Crippen molar-refractivity contribution in [3.05, 3.63) is 108 Å². The van der Waals surface area contributed by atoms with Gasteiger partial charge in [0, 0.05) is 19.1 Å². The van der Waals surface area contributed by atoms with E-state index in [9.17, 15) is 10.2 Å². The zero-order valence-electron chi connectivity index (χ0n) is 15.3. The fraction of sp³-hybridized carbons (Fsp3) is 0.250. The van der Waals surface area contributed by atoms with Gasteiger partial charge >= 0.3 is 0 Å². The summed E-state index contributed by atoms with van der Waals surface area (Å²) in [6.45, 7) is 1.26. The molecule has 0 unspecified atom stereocenters. The summed E-state index contributed by atoms with van der Waals surface area (Å²) in [6, 6.07) is 29.6. The minimum atomic E-state index is -1.19. The summed E-state index contributed by atoms with van der Waals surface area (Å²) in [5.41, 5.74) is 1.70. The molecule has 0 radical (unpaired) electrons. The average molecular weight is 359 g/mol. The Morgan fingerprint density at radius 1 is 0.778 bits per heavy atom. The van der Waals surface area contributed by atoms with Gasteiger partial charge in [0.15, 0.2) is 0 Å². The lowest BCUT2D eigenvalue weighted by atomic mass is 9.79. The first kappa shape index (κ1) is 17.9. The van der Waals surface area contributed by atoms with Gasteiger partial charge < -0.3 is 10.2 Å². The van der Waals surface area contributed by atoms with Crippen LogP contribution in [0.25, 0.3) is 0 Å². The van der Waals surface area contributed by atoms with Crippen molar-refractivity contribution in [2.45, 2.75) is 30.7 Å². The highest BCUT2D eigenvalue weighted by Crippen LogP contribution is 2.40. The van der Waals surface area contributed by atoms with E-state index in [0.29, 0.717) is 19.5 Å². The zero-order valence-corrected chi connectivity index (χ0v) is 15.3. The summed E-state index contributed by atoms with van der Waals surface area (Å²) in [6.07, 6.45) is 0.0882. The Hall–Kier alpha value is -2.46. The molecule has 2 N–H and O–H groups in total. The molecular weight excluding hydrogens is 334 g/mol. The third-order valence-electron chi connectivity index (χ3n) is 5.52. The Balaban J connectivity index is 1.76. The third-order valence-corrected chi connectivity index (χ3v) is 5.52. The van der Waals surface area contributed by atoms with Crippen molar-refractivity contribution in [3.63, 3.8) is 0 Å². The molecule has 0 aliphatic carbocycles. The first-order chi connectivity index (χ1) is 13.2. The summed E-state index contributed by atoms with van der Waals surface area (Å²) < 4.78 is 0. The predicted molar refractivity (Wildman–Crippen MR) is 107 cm³/mol. The summed E-state index contributed by atoms with van der Waals surface area (Å²) >= 11 is 0. The Morgan fingerprint density at radius 2 is 1.26 bits per heavy atom. The number of β-amino-alcohol motifs (C(OH)–C–C–N with tert-alkyl or cyclic N) is 1. The van der Waals surface area contributed by atoms with Crippen LogP contribution in [0.15, 0.2) is 91.0 Å². The smallest absolute Gasteiger partial charge is 0.130 e. The van der Waals surface area contributed by atoms with Gasteiger partial charge in [-0.05, 0) is 23.1 Å². The molecule has 0 bridgehead atoms. The van der Waals surface area contributed by atoms with Crippen LogP contribution in [-0.4, -0.2) is 33.8 Å². The lowest BCUT2D eigenvalue weighted by Gasteiger charge is -2.40. The van der Waals surface area contributed by atoms with Gasteiger partial charge in [-0.1, -0.05) is 91.0 Å². The number of hydrogen-bond donors (Lipinski definition) is 2. The van der Waals surface area contributed by atoms with Crippen molar-refractivity contribution in [1.29, 1.82) is 0 Å². The fourth-order valence-corrected chi connectivity index (χ4v) is 4.24. The molecular formula is C24H25NO2. The minimum absolute atomic E-state index is 0.211. The van der Waals surface area contributed by atoms with E-state index in [2.05, 4.69) is 17.0 Å². The number of likely N-dealkylation sites (tertiary alicyclic amines) is 1. The van der Waals surface area contributed by atoms with Crippen LogP contribution in [0, 0.1) is 0 Å². The Morgan fingerprint density at radius 3 is 1.78 bits per heavy atom. The van der Waals surface area contributed by atoms with Crippen molar-refractivity contribution in [1.82, 2.24) is 4.90 Å². The lowest BCUT2D eigenvalue weighted by Crippen LogP contribution is -2.48. The molecule has 3 heteroatoms. The SMILES string of the molecule is O[C@H]1C[C@@H](C(O)(c2ccccc2)c2ccccc2)N(Cc2ccccc2)C1. The number of aliphatic hydroxyl groups is 2. The first-order valence-electron chi connectivity index (χ1n) is 9.47. The summed E-state index contributed by atoms with van der Waals surface area (Å²) in [4.78, 5) is 2.21. The zero-order chi connectivity index (χ0) is 18.7. The normalized spacial score (nSPS) is 20.7. The van der Waals surface area contributed by atoms with Crippen LogP contribution < -0.4 is 0 Å². The number of aliphatic hydroxyl groups excluding tert-OH is 1. The van der Waals surface area contributed by atoms with Gasteiger partial charge in [0.2, 0.25) is 0 Å². The van der Waals surface area contributed by atoms with E-state index >= 15 is 0 Å². The van der Waals surface area contributed by atoms with Crippen LogP contribution in [0.1, 0.15) is 23.1 Å². The molecule has 1 fully saturated rings. The van der Waals surface area contributed by atoms with Crippen molar-refractivity contribution >= 4 is 0 Å². The molecule has 0 spiro atoms. The molecule has 2 atom stereocenters. The van der Waals surface area contributed by atoms with Gasteiger partial charge in [-0.25, -0.2) is 0 Å². The molecule has 3 aromatic rings. The van der Waals surface area contributed by atoms with Gasteiger partial charge in [-0.15, -0.1) is 0 Å². The van der Waals surface area contributed by atoms with Crippen LogP contribution in [0.3, 0.4) is 0 Å². The molecule has 3 nitrogen and oxygen atoms in total. The topological polar surface area (TPSA) is 43.7 Å². The molecule has 1 aliphatic rings. The van der Waals surface area contributed by atoms with Crippen molar-refractivity contribution < 1.29 is 10.2 Å². The lowest BCUT2D eigenvalue weighted by molar-refractivity contribution is -0.00680. The van der Waals surface area contributed by atoms with Crippen LogP contribution in [0.5, 0.6) is 0 Å². The van der Waals surface area contributed by atoms with Crippen molar-refractivity contribution in [2.75, 3.05) is 6.54 Å². The van der Waals surface area contributed by atoms with Crippen molar-refractivity contribution in [2.24, 2.45) is 0 Å². The van der Waals surface area contributed by atoms with Gasteiger partial charge in [0.05, 0.1) is 6.10 Å². The standard InChI is InChI=1S/C24H25NO2/c26-22-16-23(25(18-22)17-19-10-4-1-5-11-19)24(27,20-12-6-2-7-13-20)21-14-8-3-9-15-21/h1-15,22-23,26-27H,16-18H2/t22-,23-/m0/s1. The van der Waals surface area contributed by atoms with Crippen LogP contribution in [-0.2, 0) is 12.1 Å². The van der Waals surface area contributed by atoms with E-state index in [1.54, 1.807) is 0 Å². The fourth-order valence-electron chi connectivity index (χ4n) is 4.24. The highest BCUT2D eigenvalue weighted by molar-refractivity contribution is 5.39. The van der Waals surface area contributed by atoms with E-state index in [1.807, 2.05) is 78.9 Å². The minimum Gasteiger partial charge on any atom is -0.392 e. The maximum absolute atomic E-state index is 12.1.